The first-order valence-corrected chi connectivity index (χ1v) is 6.37. The maximum Gasteiger partial charge on any atom is 0.00652 e. The van der Waals surface area contributed by atoms with Crippen molar-refractivity contribution in [3.63, 3.8) is 0 Å². The third-order valence-electron chi connectivity index (χ3n) is 2.22. The van der Waals surface area contributed by atoms with E-state index in [4.69, 9.17) is 0 Å². The van der Waals surface area contributed by atoms with Gasteiger partial charge >= 0.3 is 0 Å². The van der Waals surface area contributed by atoms with Gasteiger partial charge < -0.3 is 0 Å². The maximum absolute atomic E-state index is 3.57. The molecule has 1 rings (SSSR count). The molecule has 0 aromatic carbocycles. The Morgan fingerprint density at radius 1 is 1.50 bits per heavy atom. The van der Waals surface area contributed by atoms with Gasteiger partial charge in [-0.05, 0) is 40.6 Å². The molecule has 0 fully saturated rings. The molecular weight excluding hydrogens is 232 g/mol. The largest absolute Gasteiger partial charge is 0.152 e. The Morgan fingerprint density at radius 2 is 2.25 bits per heavy atom. The number of hydrogen-bond donors (Lipinski definition) is 0. The van der Waals surface area contributed by atoms with Crippen molar-refractivity contribution in [3.8, 4) is 0 Å². The van der Waals surface area contributed by atoms with Crippen LogP contribution >= 0.6 is 27.3 Å². The number of thiophene rings is 1. The Hall–Kier alpha value is 0.180. The zero-order chi connectivity index (χ0) is 8.97. The number of alkyl halides is 1. The van der Waals surface area contributed by atoms with Crippen LogP contribution in [0, 0.1) is 11.8 Å². The summed E-state index contributed by atoms with van der Waals surface area (Å²) in [5.74, 6) is 1.55. The van der Waals surface area contributed by atoms with Crippen molar-refractivity contribution in [2.75, 3.05) is 5.33 Å². The minimum Gasteiger partial charge on any atom is -0.152 e. The van der Waals surface area contributed by atoms with Gasteiger partial charge in [0.2, 0.25) is 0 Å². The molecule has 0 aliphatic heterocycles. The van der Waals surface area contributed by atoms with Crippen LogP contribution in [-0.4, -0.2) is 5.33 Å². The van der Waals surface area contributed by atoms with Crippen LogP contribution in [0.25, 0.3) is 0 Å². The fourth-order valence-corrected chi connectivity index (χ4v) is 2.84. The van der Waals surface area contributed by atoms with E-state index < -0.39 is 0 Å². The van der Waals surface area contributed by atoms with Gasteiger partial charge in [-0.2, -0.15) is 11.3 Å². The smallest absolute Gasteiger partial charge is 0.00652 e. The van der Waals surface area contributed by atoms with Crippen molar-refractivity contribution in [1.82, 2.24) is 0 Å². The van der Waals surface area contributed by atoms with E-state index in [-0.39, 0.29) is 0 Å². The summed E-state index contributed by atoms with van der Waals surface area (Å²) in [6.07, 6.45) is 1.21. The Kier molecular flexibility index (Phi) is 4.30. The first-order chi connectivity index (χ1) is 5.74. The highest BCUT2D eigenvalue weighted by Crippen LogP contribution is 2.20. The van der Waals surface area contributed by atoms with Crippen LogP contribution in [0.2, 0.25) is 0 Å². The monoisotopic (exact) mass is 246 g/mol. The zero-order valence-corrected chi connectivity index (χ0v) is 9.99. The standard InChI is InChI=1S/C10H15BrS/c1-8(2)10(6-11)5-9-3-4-12-7-9/h3-4,7-8,10H,5-6H2,1-2H3. The van der Waals surface area contributed by atoms with Crippen molar-refractivity contribution in [1.29, 1.82) is 0 Å². The van der Waals surface area contributed by atoms with Crippen molar-refractivity contribution >= 4 is 27.3 Å². The molecule has 0 spiro atoms. The maximum atomic E-state index is 3.57. The highest BCUT2D eigenvalue weighted by Gasteiger charge is 2.12. The molecule has 68 valence electrons. The lowest BCUT2D eigenvalue weighted by Gasteiger charge is -2.16. The van der Waals surface area contributed by atoms with Gasteiger partial charge in [-0.1, -0.05) is 29.8 Å². The molecule has 1 heterocycles. The fraction of sp³-hybridized carbons (Fsp3) is 0.600. The molecule has 0 bridgehead atoms. The molecule has 1 atom stereocenters. The number of hydrogen-bond acceptors (Lipinski definition) is 1. The molecule has 0 aliphatic carbocycles. The average Bonchev–Trinajstić information content (AvgIpc) is 2.51. The van der Waals surface area contributed by atoms with Crippen LogP contribution < -0.4 is 0 Å². The molecule has 1 aromatic rings. The normalized spacial score (nSPS) is 13.7. The summed E-state index contributed by atoms with van der Waals surface area (Å²) in [6.45, 7) is 4.58. The lowest BCUT2D eigenvalue weighted by Crippen LogP contribution is -2.12. The Morgan fingerprint density at radius 3 is 2.67 bits per heavy atom. The summed E-state index contributed by atoms with van der Waals surface area (Å²) in [5, 5.41) is 5.51. The summed E-state index contributed by atoms with van der Waals surface area (Å²) >= 11 is 5.35. The Bertz CT molecular complexity index is 204. The van der Waals surface area contributed by atoms with Crippen molar-refractivity contribution in [2.45, 2.75) is 20.3 Å². The quantitative estimate of drug-likeness (QED) is 0.706. The molecule has 12 heavy (non-hydrogen) atoms. The Labute approximate surface area is 87.1 Å². The lowest BCUT2D eigenvalue weighted by molar-refractivity contribution is 0.427. The van der Waals surface area contributed by atoms with Crippen molar-refractivity contribution in [3.05, 3.63) is 22.4 Å². The van der Waals surface area contributed by atoms with Gasteiger partial charge in [0.1, 0.15) is 0 Å². The molecular formula is C10H15BrS. The molecule has 0 N–H and O–H groups in total. The molecule has 0 saturated heterocycles. The van der Waals surface area contributed by atoms with Gasteiger partial charge in [-0.3, -0.25) is 0 Å². The molecule has 1 unspecified atom stereocenters. The van der Waals surface area contributed by atoms with E-state index >= 15 is 0 Å². The van der Waals surface area contributed by atoms with Gasteiger partial charge in [0.05, 0.1) is 0 Å². The fourth-order valence-electron chi connectivity index (χ4n) is 1.18. The van der Waals surface area contributed by atoms with Crippen LogP contribution in [0.15, 0.2) is 16.8 Å². The SMILES string of the molecule is CC(C)C(CBr)Cc1ccsc1. The second-order valence-corrected chi connectivity index (χ2v) is 4.92. The second kappa shape index (κ2) is 5.03. The van der Waals surface area contributed by atoms with E-state index in [2.05, 4.69) is 46.6 Å². The van der Waals surface area contributed by atoms with Gasteiger partial charge in [-0.15, -0.1) is 0 Å². The van der Waals surface area contributed by atoms with Gasteiger partial charge in [-0.25, -0.2) is 0 Å². The number of halogens is 1. The minimum atomic E-state index is 0.768. The van der Waals surface area contributed by atoms with Gasteiger partial charge in [0, 0.05) is 5.33 Å². The van der Waals surface area contributed by atoms with E-state index in [1.54, 1.807) is 11.3 Å². The number of rotatable bonds is 4. The van der Waals surface area contributed by atoms with E-state index in [0.717, 1.165) is 17.2 Å². The van der Waals surface area contributed by atoms with Crippen molar-refractivity contribution in [2.24, 2.45) is 11.8 Å². The molecule has 0 aliphatic rings. The topological polar surface area (TPSA) is 0 Å². The summed E-state index contributed by atoms with van der Waals surface area (Å²) in [4.78, 5) is 0. The van der Waals surface area contributed by atoms with Crippen LogP contribution in [0.5, 0.6) is 0 Å². The third kappa shape index (κ3) is 2.91. The lowest BCUT2D eigenvalue weighted by atomic mass is 9.92. The van der Waals surface area contributed by atoms with E-state index in [9.17, 15) is 0 Å². The van der Waals surface area contributed by atoms with Crippen molar-refractivity contribution < 1.29 is 0 Å². The van der Waals surface area contributed by atoms with Crippen LogP contribution in [0.1, 0.15) is 19.4 Å². The highest BCUT2D eigenvalue weighted by atomic mass is 79.9. The zero-order valence-electron chi connectivity index (χ0n) is 7.59. The molecule has 1 aromatic heterocycles. The van der Waals surface area contributed by atoms with Gasteiger partial charge in [0.15, 0.2) is 0 Å². The predicted octanol–water partition coefficient (Wildman–Crippen LogP) is 3.96. The first-order valence-electron chi connectivity index (χ1n) is 4.31. The summed E-state index contributed by atoms with van der Waals surface area (Å²) < 4.78 is 0. The third-order valence-corrected chi connectivity index (χ3v) is 3.78. The van der Waals surface area contributed by atoms with E-state index in [0.29, 0.717) is 0 Å². The van der Waals surface area contributed by atoms with Gasteiger partial charge in [0.25, 0.3) is 0 Å². The second-order valence-electron chi connectivity index (χ2n) is 3.49. The van der Waals surface area contributed by atoms with Crippen LogP contribution in [0.4, 0.5) is 0 Å². The molecule has 2 heteroatoms. The molecule has 0 radical (unpaired) electrons. The summed E-state index contributed by atoms with van der Waals surface area (Å²) in [5.41, 5.74) is 1.48. The predicted molar refractivity (Wildman–Crippen MR) is 60.1 cm³/mol. The molecule has 0 amide bonds. The summed E-state index contributed by atoms with van der Waals surface area (Å²) in [7, 11) is 0. The molecule has 0 nitrogen and oxygen atoms in total. The van der Waals surface area contributed by atoms with E-state index in [1.165, 1.54) is 12.0 Å². The Balaban J connectivity index is 2.48. The van der Waals surface area contributed by atoms with Crippen LogP contribution in [-0.2, 0) is 6.42 Å². The minimum absolute atomic E-state index is 0.768. The van der Waals surface area contributed by atoms with E-state index in [1.807, 2.05) is 0 Å². The molecule has 0 saturated carbocycles. The average molecular weight is 247 g/mol. The van der Waals surface area contributed by atoms with Crippen LogP contribution in [0.3, 0.4) is 0 Å². The highest BCUT2D eigenvalue weighted by molar-refractivity contribution is 9.09. The first kappa shape index (κ1) is 10.3. The summed E-state index contributed by atoms with van der Waals surface area (Å²) in [6, 6.07) is 2.22.